The van der Waals surface area contributed by atoms with Crippen LogP contribution in [0.3, 0.4) is 0 Å². The molecule has 3 nitrogen and oxygen atoms in total. The van der Waals surface area contributed by atoms with Crippen molar-refractivity contribution in [2.45, 2.75) is 27.2 Å². The van der Waals surface area contributed by atoms with Crippen LogP contribution in [0.1, 0.15) is 26.5 Å². The van der Waals surface area contributed by atoms with Crippen molar-refractivity contribution in [3.63, 3.8) is 0 Å². The van der Waals surface area contributed by atoms with E-state index in [2.05, 4.69) is 39.7 Å². The molecular formula is C16H19BrN2OS. The molecule has 0 radical (unpaired) electrons. The molecule has 0 aliphatic rings. The van der Waals surface area contributed by atoms with E-state index < -0.39 is 0 Å². The zero-order chi connectivity index (χ0) is 15.4. The van der Waals surface area contributed by atoms with Gasteiger partial charge in [0.05, 0.1) is 11.1 Å². The minimum Gasteiger partial charge on any atom is -0.494 e. The molecule has 0 bridgehead atoms. The predicted octanol–water partition coefficient (Wildman–Crippen LogP) is 5.17. The Morgan fingerprint density at radius 1 is 1.38 bits per heavy atom. The van der Waals surface area contributed by atoms with Crippen LogP contribution in [-0.4, -0.2) is 16.6 Å². The minimum atomic E-state index is 0.539. The average molecular weight is 367 g/mol. The highest BCUT2D eigenvalue weighted by Crippen LogP contribution is 2.25. The van der Waals surface area contributed by atoms with Gasteiger partial charge in [-0.15, -0.1) is 0 Å². The molecule has 2 aromatic rings. The summed E-state index contributed by atoms with van der Waals surface area (Å²) in [6.45, 7) is 6.98. The number of halogens is 1. The van der Waals surface area contributed by atoms with Crippen LogP contribution in [0.4, 0.5) is 0 Å². The molecule has 0 amide bonds. The van der Waals surface area contributed by atoms with E-state index in [1.165, 1.54) is 0 Å². The topological polar surface area (TPSA) is 37.9 Å². The second kappa shape index (κ2) is 7.18. The van der Waals surface area contributed by atoms with Crippen molar-refractivity contribution in [3.05, 3.63) is 39.1 Å². The molecule has 0 aliphatic carbocycles. The molecule has 0 saturated carbocycles. The Morgan fingerprint density at radius 3 is 2.81 bits per heavy atom. The summed E-state index contributed by atoms with van der Waals surface area (Å²) in [6, 6.07) is 7.88. The fourth-order valence-electron chi connectivity index (χ4n) is 2.09. The van der Waals surface area contributed by atoms with Gasteiger partial charge in [0, 0.05) is 11.3 Å². The van der Waals surface area contributed by atoms with Crippen molar-refractivity contribution in [1.82, 2.24) is 9.97 Å². The van der Waals surface area contributed by atoms with Crippen LogP contribution in [0.2, 0.25) is 0 Å². The normalized spacial score (nSPS) is 10.9. The molecular weight excluding hydrogens is 348 g/mol. The van der Waals surface area contributed by atoms with Crippen molar-refractivity contribution in [2.24, 2.45) is 5.92 Å². The van der Waals surface area contributed by atoms with Crippen LogP contribution >= 0.6 is 28.1 Å². The zero-order valence-electron chi connectivity index (χ0n) is 12.4. The third-order valence-corrected chi connectivity index (χ3v) is 4.38. The van der Waals surface area contributed by atoms with Crippen molar-refractivity contribution in [2.75, 3.05) is 6.61 Å². The molecule has 0 atom stereocenters. The monoisotopic (exact) mass is 366 g/mol. The lowest BCUT2D eigenvalue weighted by atomic mass is 10.1. The zero-order valence-corrected chi connectivity index (χ0v) is 14.8. The van der Waals surface area contributed by atoms with Crippen molar-refractivity contribution < 1.29 is 4.74 Å². The van der Waals surface area contributed by atoms with Gasteiger partial charge >= 0.3 is 0 Å². The molecule has 0 unspecified atom stereocenters. The first-order valence-corrected chi connectivity index (χ1v) is 8.23. The van der Waals surface area contributed by atoms with Crippen LogP contribution in [0.25, 0.3) is 11.4 Å². The summed E-state index contributed by atoms with van der Waals surface area (Å²) < 4.78 is 7.01. The maximum atomic E-state index is 5.54. The molecule has 2 rings (SSSR count). The van der Waals surface area contributed by atoms with Gasteiger partial charge in [-0.2, -0.15) is 0 Å². The van der Waals surface area contributed by atoms with E-state index in [4.69, 9.17) is 17.0 Å². The van der Waals surface area contributed by atoms with Gasteiger partial charge in [0.25, 0.3) is 0 Å². The Hall–Kier alpha value is -1.20. The van der Waals surface area contributed by atoms with Crippen LogP contribution in [0, 0.1) is 10.6 Å². The molecule has 0 spiro atoms. The van der Waals surface area contributed by atoms with Gasteiger partial charge < -0.3 is 9.72 Å². The smallest absolute Gasteiger partial charge is 0.144 e. The number of aromatic amines is 1. The quantitative estimate of drug-likeness (QED) is 0.742. The average Bonchev–Trinajstić information content (AvgIpc) is 2.44. The van der Waals surface area contributed by atoms with Crippen LogP contribution in [0.5, 0.6) is 5.75 Å². The summed E-state index contributed by atoms with van der Waals surface area (Å²) in [6.07, 6.45) is 0.922. The highest BCUT2D eigenvalue weighted by atomic mass is 79.9. The third-order valence-electron chi connectivity index (χ3n) is 2.97. The maximum absolute atomic E-state index is 5.54. The Labute approximate surface area is 138 Å². The highest BCUT2D eigenvalue weighted by Gasteiger charge is 2.10. The fourth-order valence-corrected chi connectivity index (χ4v) is 2.66. The Kier molecular flexibility index (Phi) is 5.53. The summed E-state index contributed by atoms with van der Waals surface area (Å²) in [4.78, 5) is 7.86. The number of rotatable bonds is 5. The number of hydrogen-bond donors (Lipinski definition) is 1. The van der Waals surface area contributed by atoms with E-state index in [0.29, 0.717) is 17.2 Å². The SMILES string of the molecule is CCOc1cccc(-c2nc(=S)c(Br)c(CC(C)C)[nH]2)c1. The maximum Gasteiger partial charge on any atom is 0.144 e. The number of ether oxygens (including phenoxy) is 1. The number of H-pyrrole nitrogens is 1. The van der Waals surface area contributed by atoms with E-state index in [-0.39, 0.29) is 0 Å². The summed E-state index contributed by atoms with van der Waals surface area (Å²) >= 11 is 8.89. The molecule has 1 N–H and O–H groups in total. The van der Waals surface area contributed by atoms with E-state index in [9.17, 15) is 0 Å². The predicted molar refractivity (Wildman–Crippen MR) is 92.3 cm³/mol. The molecule has 0 aliphatic heterocycles. The van der Waals surface area contributed by atoms with Gasteiger partial charge in [-0.05, 0) is 47.3 Å². The second-order valence-electron chi connectivity index (χ2n) is 5.24. The largest absolute Gasteiger partial charge is 0.494 e. The van der Waals surface area contributed by atoms with Crippen LogP contribution in [-0.2, 0) is 6.42 Å². The summed E-state index contributed by atoms with van der Waals surface area (Å²) in [5.74, 6) is 2.15. The van der Waals surface area contributed by atoms with E-state index in [1.54, 1.807) is 0 Å². The fraction of sp³-hybridized carbons (Fsp3) is 0.375. The summed E-state index contributed by atoms with van der Waals surface area (Å²) in [5.41, 5.74) is 2.06. The van der Waals surface area contributed by atoms with Crippen molar-refractivity contribution in [1.29, 1.82) is 0 Å². The molecule has 1 aromatic carbocycles. The summed E-state index contributed by atoms with van der Waals surface area (Å²) in [5, 5.41) is 0. The number of nitrogens with one attached hydrogen (secondary N) is 1. The summed E-state index contributed by atoms with van der Waals surface area (Å²) in [7, 11) is 0. The lowest BCUT2D eigenvalue weighted by Crippen LogP contribution is -2.03. The molecule has 1 heterocycles. The van der Waals surface area contributed by atoms with E-state index >= 15 is 0 Å². The molecule has 0 fully saturated rings. The molecule has 0 saturated heterocycles. The first kappa shape index (κ1) is 16.2. The number of aromatic nitrogens is 2. The number of hydrogen-bond acceptors (Lipinski definition) is 3. The third kappa shape index (κ3) is 4.14. The molecule has 21 heavy (non-hydrogen) atoms. The molecule has 112 valence electrons. The van der Waals surface area contributed by atoms with Gasteiger partial charge in [-0.3, -0.25) is 0 Å². The Bertz CT molecular complexity index is 682. The van der Waals surface area contributed by atoms with Gasteiger partial charge in [0.1, 0.15) is 16.2 Å². The van der Waals surface area contributed by atoms with E-state index in [0.717, 1.165) is 33.7 Å². The van der Waals surface area contributed by atoms with Gasteiger partial charge in [-0.25, -0.2) is 4.98 Å². The Balaban J connectivity index is 2.46. The van der Waals surface area contributed by atoms with Gasteiger partial charge in [-0.1, -0.05) is 38.2 Å². The van der Waals surface area contributed by atoms with Crippen LogP contribution < -0.4 is 4.74 Å². The Morgan fingerprint density at radius 2 is 2.14 bits per heavy atom. The lowest BCUT2D eigenvalue weighted by Gasteiger charge is -2.11. The van der Waals surface area contributed by atoms with E-state index in [1.807, 2.05) is 31.2 Å². The standard InChI is InChI=1S/C16H19BrN2OS/c1-4-20-12-7-5-6-11(9-12)15-18-13(8-10(2)3)14(17)16(21)19-15/h5-7,9-10H,4,8H2,1-3H3,(H,18,19,21). The first-order valence-electron chi connectivity index (χ1n) is 7.03. The first-order chi connectivity index (χ1) is 10.0. The van der Waals surface area contributed by atoms with Crippen LogP contribution in [0.15, 0.2) is 28.7 Å². The lowest BCUT2D eigenvalue weighted by molar-refractivity contribution is 0.340. The number of benzene rings is 1. The van der Waals surface area contributed by atoms with Crippen molar-refractivity contribution >= 4 is 28.1 Å². The highest BCUT2D eigenvalue weighted by molar-refractivity contribution is 9.10. The molecule has 5 heteroatoms. The van der Waals surface area contributed by atoms with Crippen molar-refractivity contribution in [3.8, 4) is 17.1 Å². The second-order valence-corrected chi connectivity index (χ2v) is 6.42. The van der Waals surface area contributed by atoms with Gasteiger partial charge in [0.15, 0.2) is 0 Å². The van der Waals surface area contributed by atoms with Gasteiger partial charge in [0.2, 0.25) is 0 Å². The number of nitrogens with zero attached hydrogens (tertiary/aromatic N) is 1. The molecule has 1 aromatic heterocycles. The minimum absolute atomic E-state index is 0.539.